The van der Waals surface area contributed by atoms with E-state index >= 15 is 0 Å². The summed E-state index contributed by atoms with van der Waals surface area (Å²) in [5.74, 6) is 1.16. The Morgan fingerprint density at radius 1 is 0.944 bits per heavy atom. The van der Waals surface area contributed by atoms with Gasteiger partial charge in [-0.05, 0) is 23.0 Å². The van der Waals surface area contributed by atoms with Crippen LogP contribution >= 0.6 is 0 Å². The Balaban J connectivity index is 0.000000771. The van der Waals surface area contributed by atoms with E-state index in [0.29, 0.717) is 11.8 Å². The summed E-state index contributed by atoms with van der Waals surface area (Å²) in [5.41, 5.74) is 5.63. The lowest BCUT2D eigenvalue weighted by Gasteiger charge is -2.23. The maximum atomic E-state index is 3.52. The highest BCUT2D eigenvalue weighted by atomic mass is 14.9. The first-order chi connectivity index (χ1) is 8.61. The van der Waals surface area contributed by atoms with Gasteiger partial charge in [0.2, 0.25) is 0 Å². The van der Waals surface area contributed by atoms with Gasteiger partial charge in [-0.1, -0.05) is 65.8 Å². The first-order valence-electron chi connectivity index (χ1n) is 7.18. The number of rotatable bonds is 2. The normalized spacial score (nSPS) is 12.9. The van der Waals surface area contributed by atoms with E-state index in [1.165, 1.54) is 22.4 Å². The van der Waals surface area contributed by atoms with Crippen LogP contribution in [-0.2, 0) is 0 Å². The highest BCUT2D eigenvalue weighted by molar-refractivity contribution is 5.76. The molecule has 0 fully saturated rings. The highest BCUT2D eigenvalue weighted by Crippen LogP contribution is 2.35. The summed E-state index contributed by atoms with van der Waals surface area (Å²) in [6.07, 6.45) is 4.48. The van der Waals surface area contributed by atoms with Crippen molar-refractivity contribution in [3.63, 3.8) is 0 Å². The Morgan fingerprint density at radius 3 is 2.06 bits per heavy atom. The third-order valence-corrected chi connectivity index (χ3v) is 3.24. The average Bonchev–Trinajstić information content (AvgIpc) is 2.39. The number of hydrogen-bond acceptors (Lipinski definition) is 1. The Kier molecular flexibility index (Phi) is 5.46. The molecule has 1 heteroatoms. The maximum absolute atomic E-state index is 3.52. The van der Waals surface area contributed by atoms with Crippen LogP contribution in [0.25, 0.3) is 6.08 Å². The van der Waals surface area contributed by atoms with E-state index < -0.39 is 0 Å². The van der Waals surface area contributed by atoms with E-state index in [2.05, 4.69) is 57.3 Å². The van der Waals surface area contributed by atoms with E-state index in [1.807, 2.05) is 13.8 Å². The van der Waals surface area contributed by atoms with Gasteiger partial charge < -0.3 is 5.32 Å². The third kappa shape index (κ3) is 2.95. The molecule has 0 aromatic heterocycles. The van der Waals surface area contributed by atoms with Crippen molar-refractivity contribution in [1.82, 2.24) is 0 Å². The lowest BCUT2D eigenvalue weighted by Crippen LogP contribution is -2.10. The van der Waals surface area contributed by atoms with Crippen LogP contribution < -0.4 is 5.32 Å². The molecule has 1 aromatic rings. The van der Waals surface area contributed by atoms with Crippen molar-refractivity contribution in [3.8, 4) is 0 Å². The molecule has 1 aliphatic rings. The SMILES string of the molecule is CC.CC(C)c1ccc(C(C)C)c2c1C=CCN2. The molecule has 0 aliphatic carbocycles. The summed E-state index contributed by atoms with van der Waals surface area (Å²) in [6, 6.07) is 4.57. The predicted molar refractivity (Wildman–Crippen MR) is 83.5 cm³/mol. The van der Waals surface area contributed by atoms with Gasteiger partial charge in [-0.25, -0.2) is 0 Å². The van der Waals surface area contributed by atoms with Gasteiger partial charge in [-0.3, -0.25) is 0 Å². The van der Waals surface area contributed by atoms with Gasteiger partial charge in [0.25, 0.3) is 0 Å². The summed E-state index contributed by atoms with van der Waals surface area (Å²) >= 11 is 0. The zero-order valence-corrected chi connectivity index (χ0v) is 12.7. The van der Waals surface area contributed by atoms with Crippen LogP contribution in [0.3, 0.4) is 0 Å². The van der Waals surface area contributed by atoms with Crippen LogP contribution in [0.4, 0.5) is 5.69 Å². The minimum atomic E-state index is 0.578. The van der Waals surface area contributed by atoms with Gasteiger partial charge in [0.15, 0.2) is 0 Å². The Labute approximate surface area is 112 Å². The van der Waals surface area contributed by atoms with Crippen LogP contribution in [0.2, 0.25) is 0 Å². The van der Waals surface area contributed by atoms with Crippen molar-refractivity contribution in [3.05, 3.63) is 34.9 Å². The summed E-state index contributed by atoms with van der Waals surface area (Å²) in [6.45, 7) is 14.0. The second-order valence-electron chi connectivity index (χ2n) is 5.13. The highest BCUT2D eigenvalue weighted by Gasteiger charge is 2.16. The molecule has 0 bridgehead atoms. The summed E-state index contributed by atoms with van der Waals surface area (Å²) in [5, 5.41) is 3.52. The van der Waals surface area contributed by atoms with Gasteiger partial charge in [0.1, 0.15) is 0 Å². The van der Waals surface area contributed by atoms with Crippen molar-refractivity contribution in [2.45, 2.75) is 53.4 Å². The van der Waals surface area contributed by atoms with Gasteiger partial charge >= 0.3 is 0 Å². The second-order valence-corrected chi connectivity index (χ2v) is 5.13. The van der Waals surface area contributed by atoms with Gasteiger partial charge in [0, 0.05) is 17.8 Å². The molecule has 0 saturated carbocycles. The maximum Gasteiger partial charge on any atom is 0.0454 e. The monoisotopic (exact) mass is 245 g/mol. The summed E-state index contributed by atoms with van der Waals surface area (Å²) < 4.78 is 0. The van der Waals surface area contributed by atoms with Gasteiger partial charge in [-0.15, -0.1) is 0 Å². The first kappa shape index (κ1) is 14.8. The molecule has 1 N–H and O–H groups in total. The molecule has 1 aromatic carbocycles. The fraction of sp³-hybridized carbons (Fsp3) is 0.529. The van der Waals surface area contributed by atoms with Crippen molar-refractivity contribution in [2.24, 2.45) is 0 Å². The number of benzene rings is 1. The lowest BCUT2D eigenvalue weighted by atomic mass is 9.88. The first-order valence-corrected chi connectivity index (χ1v) is 7.18. The molecule has 0 amide bonds. The molecule has 0 saturated heterocycles. The smallest absolute Gasteiger partial charge is 0.0454 e. The Bertz CT molecular complexity index is 414. The van der Waals surface area contributed by atoms with E-state index in [0.717, 1.165) is 6.54 Å². The topological polar surface area (TPSA) is 12.0 Å². The minimum absolute atomic E-state index is 0.578. The average molecular weight is 245 g/mol. The second kappa shape index (κ2) is 6.63. The quantitative estimate of drug-likeness (QED) is 0.735. The molecule has 0 spiro atoms. The largest absolute Gasteiger partial charge is 0.381 e. The van der Waals surface area contributed by atoms with Crippen molar-refractivity contribution < 1.29 is 0 Å². The molecule has 1 aliphatic heterocycles. The number of hydrogen-bond donors (Lipinski definition) is 1. The van der Waals surface area contributed by atoms with Crippen LogP contribution in [0.5, 0.6) is 0 Å². The molecule has 1 heterocycles. The molecule has 0 atom stereocenters. The summed E-state index contributed by atoms with van der Waals surface area (Å²) in [7, 11) is 0. The zero-order chi connectivity index (χ0) is 13.7. The van der Waals surface area contributed by atoms with Crippen molar-refractivity contribution >= 4 is 11.8 Å². The Morgan fingerprint density at radius 2 is 1.50 bits per heavy atom. The van der Waals surface area contributed by atoms with E-state index in [9.17, 15) is 0 Å². The third-order valence-electron chi connectivity index (χ3n) is 3.24. The van der Waals surface area contributed by atoms with Gasteiger partial charge in [-0.2, -0.15) is 0 Å². The molecular weight excluding hydrogens is 218 g/mol. The van der Waals surface area contributed by atoms with Crippen LogP contribution in [0.15, 0.2) is 18.2 Å². The number of anilines is 1. The van der Waals surface area contributed by atoms with Crippen molar-refractivity contribution in [2.75, 3.05) is 11.9 Å². The van der Waals surface area contributed by atoms with E-state index in [4.69, 9.17) is 0 Å². The molecule has 0 radical (unpaired) electrons. The molecular formula is C17H27N. The van der Waals surface area contributed by atoms with Gasteiger partial charge in [0.05, 0.1) is 0 Å². The van der Waals surface area contributed by atoms with Crippen LogP contribution in [-0.4, -0.2) is 6.54 Å². The number of fused-ring (bicyclic) bond motifs is 1. The standard InChI is InChI=1S/C15H21N.C2H6/c1-10(2)12-7-8-13(11(3)4)15-14(12)6-5-9-16-15;1-2/h5-8,10-11,16H,9H2,1-4H3;1-2H3. The fourth-order valence-electron chi connectivity index (χ4n) is 2.35. The summed E-state index contributed by atoms with van der Waals surface area (Å²) in [4.78, 5) is 0. The molecule has 0 unspecified atom stereocenters. The zero-order valence-electron chi connectivity index (χ0n) is 12.7. The molecule has 100 valence electrons. The van der Waals surface area contributed by atoms with Crippen LogP contribution in [0.1, 0.15) is 70.1 Å². The molecule has 2 rings (SSSR count). The van der Waals surface area contributed by atoms with Crippen molar-refractivity contribution in [1.29, 1.82) is 0 Å². The minimum Gasteiger partial charge on any atom is -0.381 e. The molecule has 18 heavy (non-hydrogen) atoms. The number of nitrogens with one attached hydrogen (secondary N) is 1. The molecule has 1 nitrogen and oxygen atoms in total. The Hall–Kier alpha value is -1.24. The van der Waals surface area contributed by atoms with E-state index in [1.54, 1.807) is 0 Å². The fourth-order valence-corrected chi connectivity index (χ4v) is 2.35. The van der Waals surface area contributed by atoms with Crippen LogP contribution in [0, 0.1) is 0 Å². The predicted octanol–water partition coefficient (Wildman–Crippen LogP) is 5.40. The lowest BCUT2D eigenvalue weighted by molar-refractivity contribution is 0.842. The van der Waals surface area contributed by atoms with E-state index in [-0.39, 0.29) is 0 Å².